The van der Waals surface area contributed by atoms with E-state index in [1.54, 1.807) is 0 Å². The highest BCUT2D eigenvalue weighted by atomic mass is 16.4. The lowest BCUT2D eigenvalue weighted by Gasteiger charge is -2.37. The molecule has 29 heavy (non-hydrogen) atoms. The van der Waals surface area contributed by atoms with Crippen molar-refractivity contribution in [2.45, 2.75) is 84.3 Å². The minimum atomic E-state index is -0.808. The fraction of sp³-hybridized carbons (Fsp3) is 0.720. The number of carbonyl (C=O) groups is 1. The molecule has 0 radical (unpaired) electrons. The Morgan fingerprint density at radius 3 is 2.59 bits per heavy atom. The molecule has 0 saturated heterocycles. The van der Waals surface area contributed by atoms with Crippen LogP contribution in [0.1, 0.15) is 72.6 Å². The fourth-order valence-corrected chi connectivity index (χ4v) is 6.25. The Morgan fingerprint density at radius 1 is 1.24 bits per heavy atom. The van der Waals surface area contributed by atoms with Crippen molar-refractivity contribution < 1.29 is 20.1 Å². The van der Waals surface area contributed by atoms with Gasteiger partial charge in [0.1, 0.15) is 0 Å². The van der Waals surface area contributed by atoms with E-state index < -0.39 is 17.7 Å². The highest BCUT2D eigenvalue weighted by molar-refractivity contribution is 5.70. The van der Waals surface area contributed by atoms with E-state index in [0.717, 1.165) is 43.3 Å². The van der Waals surface area contributed by atoms with E-state index in [-0.39, 0.29) is 29.1 Å². The Bertz CT molecular complexity index is 731. The monoisotopic (exact) mass is 402 g/mol. The van der Waals surface area contributed by atoms with Gasteiger partial charge < -0.3 is 15.3 Å². The van der Waals surface area contributed by atoms with Crippen molar-refractivity contribution >= 4 is 5.97 Å². The lowest BCUT2D eigenvalue weighted by atomic mass is 9.68. The van der Waals surface area contributed by atoms with Gasteiger partial charge in [-0.15, -0.1) is 0 Å². The molecule has 2 saturated carbocycles. The van der Waals surface area contributed by atoms with Gasteiger partial charge in [-0.2, -0.15) is 0 Å². The number of hydrogen-bond donors (Lipinski definition) is 3. The maximum absolute atomic E-state index is 11.7. The largest absolute Gasteiger partial charge is 0.481 e. The summed E-state index contributed by atoms with van der Waals surface area (Å²) in [4.78, 5) is 11.7. The minimum Gasteiger partial charge on any atom is -0.481 e. The number of rotatable bonds is 2. The van der Waals surface area contributed by atoms with Gasteiger partial charge in [-0.25, -0.2) is 0 Å². The molecule has 7 unspecified atom stereocenters. The van der Waals surface area contributed by atoms with Gasteiger partial charge in [-0.05, 0) is 87.2 Å². The van der Waals surface area contributed by atoms with E-state index in [0.29, 0.717) is 12.8 Å². The van der Waals surface area contributed by atoms with Crippen molar-refractivity contribution in [3.63, 3.8) is 0 Å². The van der Waals surface area contributed by atoms with Crippen LogP contribution in [-0.4, -0.2) is 33.0 Å². The average molecular weight is 403 g/mol. The molecule has 0 amide bonds. The molecule has 3 rings (SSSR count). The van der Waals surface area contributed by atoms with Gasteiger partial charge >= 0.3 is 5.97 Å². The summed E-state index contributed by atoms with van der Waals surface area (Å²) in [6.07, 6.45) is 9.30. The molecule has 4 nitrogen and oxygen atoms in total. The summed E-state index contributed by atoms with van der Waals surface area (Å²) >= 11 is 0. The molecule has 0 aliphatic heterocycles. The van der Waals surface area contributed by atoms with Crippen LogP contribution in [0.2, 0.25) is 0 Å². The number of allylic oxidation sites excluding steroid dienone is 3. The van der Waals surface area contributed by atoms with Crippen molar-refractivity contribution in [3.8, 4) is 0 Å². The predicted octanol–water partition coefficient (Wildman–Crippen LogP) is 4.87. The van der Waals surface area contributed by atoms with Gasteiger partial charge in [0.25, 0.3) is 0 Å². The quantitative estimate of drug-likeness (QED) is 0.576. The number of aliphatic carboxylic acids is 1. The van der Waals surface area contributed by atoms with Crippen LogP contribution in [0.25, 0.3) is 0 Å². The topological polar surface area (TPSA) is 77.8 Å². The molecule has 4 heteroatoms. The maximum atomic E-state index is 11.7. The first-order valence-corrected chi connectivity index (χ1v) is 11.1. The third-order valence-corrected chi connectivity index (χ3v) is 8.37. The van der Waals surface area contributed by atoms with Crippen LogP contribution < -0.4 is 0 Å². The molecule has 0 aromatic heterocycles. The van der Waals surface area contributed by atoms with Crippen LogP contribution in [0.15, 0.2) is 35.5 Å². The molecule has 0 aromatic rings. The maximum Gasteiger partial charge on any atom is 0.306 e. The average Bonchev–Trinajstić information content (AvgIpc) is 3.12. The van der Waals surface area contributed by atoms with Gasteiger partial charge in [0.15, 0.2) is 0 Å². The number of aliphatic hydroxyl groups excluding tert-OH is 1. The second kappa shape index (κ2) is 8.03. The summed E-state index contributed by atoms with van der Waals surface area (Å²) in [7, 11) is 0. The van der Waals surface area contributed by atoms with E-state index >= 15 is 0 Å². The predicted molar refractivity (Wildman–Crippen MR) is 115 cm³/mol. The summed E-state index contributed by atoms with van der Waals surface area (Å²) in [5.74, 6) is -0.552. The van der Waals surface area contributed by atoms with Crippen LogP contribution >= 0.6 is 0 Å². The molecule has 162 valence electrons. The van der Waals surface area contributed by atoms with Crippen molar-refractivity contribution in [2.24, 2.45) is 29.1 Å². The number of hydrogen-bond acceptors (Lipinski definition) is 3. The SMILES string of the molecule is C=C1CC=C2C(CCC2(C)O)C(C)=CCC2C(C(C)C(=O)O)CCC2(C)CC1O. The van der Waals surface area contributed by atoms with Crippen molar-refractivity contribution in [2.75, 3.05) is 0 Å². The van der Waals surface area contributed by atoms with Crippen molar-refractivity contribution in [1.29, 1.82) is 0 Å². The van der Waals surface area contributed by atoms with Crippen LogP contribution in [0.5, 0.6) is 0 Å². The van der Waals surface area contributed by atoms with Crippen molar-refractivity contribution in [1.82, 2.24) is 0 Å². The molecule has 3 aliphatic carbocycles. The van der Waals surface area contributed by atoms with Crippen LogP contribution in [-0.2, 0) is 4.79 Å². The first-order valence-electron chi connectivity index (χ1n) is 11.1. The first-order chi connectivity index (χ1) is 13.5. The van der Waals surface area contributed by atoms with Gasteiger partial charge in [-0.3, -0.25) is 4.79 Å². The third kappa shape index (κ3) is 4.25. The number of carboxylic acid groups (broad SMARTS) is 1. The second-order valence-corrected chi connectivity index (χ2v) is 10.4. The molecule has 0 spiro atoms. The molecule has 7 atom stereocenters. The minimum absolute atomic E-state index is 0.0968. The molecule has 0 bridgehead atoms. The van der Waals surface area contributed by atoms with E-state index in [1.165, 1.54) is 5.57 Å². The van der Waals surface area contributed by atoms with Gasteiger partial charge in [0, 0.05) is 5.92 Å². The Labute approximate surface area is 175 Å². The zero-order valence-corrected chi connectivity index (χ0v) is 18.4. The smallest absolute Gasteiger partial charge is 0.306 e. The van der Waals surface area contributed by atoms with E-state index in [4.69, 9.17) is 0 Å². The standard InChI is InChI=1S/C25H38O4/c1-15-6-8-20-19(17(3)23(27)28)10-12-24(20,4)14-22(26)16(2)7-9-21-18(15)11-13-25(21,5)29/h6,9,17-20,22,26,29H,2,7-8,10-14H2,1,3-5H3,(H,27,28). The summed E-state index contributed by atoms with van der Waals surface area (Å²) in [5.41, 5.74) is 2.20. The normalized spacial score (nSPS) is 42.1. The fourth-order valence-electron chi connectivity index (χ4n) is 6.25. The first kappa shape index (κ1) is 22.3. The highest BCUT2D eigenvalue weighted by Crippen LogP contribution is 2.55. The Morgan fingerprint density at radius 2 is 1.93 bits per heavy atom. The third-order valence-electron chi connectivity index (χ3n) is 8.37. The summed E-state index contributed by atoms with van der Waals surface area (Å²) in [6.45, 7) is 12.2. The lowest BCUT2D eigenvalue weighted by molar-refractivity contribution is -0.143. The zero-order valence-electron chi connectivity index (χ0n) is 18.4. The lowest BCUT2D eigenvalue weighted by Crippen LogP contribution is -2.34. The van der Waals surface area contributed by atoms with Crippen molar-refractivity contribution in [3.05, 3.63) is 35.5 Å². The number of carboxylic acids is 1. The molecule has 0 heterocycles. The van der Waals surface area contributed by atoms with Gasteiger partial charge in [-0.1, -0.05) is 38.2 Å². The molecular weight excluding hydrogens is 364 g/mol. The number of fused-ring (bicyclic) bond motifs is 2. The molecule has 0 aromatic carbocycles. The van der Waals surface area contributed by atoms with Crippen LogP contribution in [0.4, 0.5) is 0 Å². The molecule has 3 aliphatic rings. The molecular formula is C25H38O4. The van der Waals surface area contributed by atoms with E-state index in [9.17, 15) is 20.1 Å². The number of aliphatic hydroxyl groups is 2. The Balaban J connectivity index is 1.99. The summed E-state index contributed by atoms with van der Waals surface area (Å²) < 4.78 is 0. The summed E-state index contributed by atoms with van der Waals surface area (Å²) in [5, 5.41) is 31.4. The van der Waals surface area contributed by atoms with Crippen LogP contribution in [0, 0.1) is 29.1 Å². The van der Waals surface area contributed by atoms with E-state index in [1.807, 2.05) is 13.8 Å². The van der Waals surface area contributed by atoms with E-state index in [2.05, 4.69) is 32.6 Å². The zero-order chi connectivity index (χ0) is 21.6. The second-order valence-electron chi connectivity index (χ2n) is 10.4. The molecule has 2 fully saturated rings. The summed E-state index contributed by atoms with van der Waals surface area (Å²) in [6, 6.07) is 0. The highest BCUT2D eigenvalue weighted by Gasteiger charge is 2.48. The van der Waals surface area contributed by atoms with Crippen LogP contribution in [0.3, 0.4) is 0 Å². The Kier molecular flexibility index (Phi) is 6.18. The van der Waals surface area contributed by atoms with Gasteiger partial charge in [0.05, 0.1) is 17.6 Å². The van der Waals surface area contributed by atoms with Gasteiger partial charge in [0.2, 0.25) is 0 Å². The Hall–Kier alpha value is -1.39. The molecule has 3 N–H and O–H groups in total.